The quantitative estimate of drug-likeness (QED) is 0.580. The molecule has 1 aliphatic heterocycles. The number of hydrogen-bond donors (Lipinski definition) is 0. The van der Waals surface area contributed by atoms with E-state index in [1.165, 1.54) is 24.3 Å². The Kier molecular flexibility index (Phi) is 5.05. The number of rotatable bonds is 5. The van der Waals surface area contributed by atoms with Gasteiger partial charge in [0.05, 0.1) is 28.8 Å². The van der Waals surface area contributed by atoms with E-state index in [-0.39, 0.29) is 21.2 Å². The molecule has 0 spiro atoms. The maximum atomic E-state index is 12.5. The minimum absolute atomic E-state index is 0.0144. The molecule has 2 aromatic rings. The predicted molar refractivity (Wildman–Crippen MR) is 90.1 cm³/mol. The first-order valence-corrected chi connectivity index (χ1v) is 9.39. The maximum Gasteiger partial charge on any atom is 0.274 e. The van der Waals surface area contributed by atoms with Crippen LogP contribution < -0.4 is 0 Å². The molecule has 0 bridgehead atoms. The Hall–Kier alpha value is -2.00. The van der Waals surface area contributed by atoms with Crippen molar-refractivity contribution in [2.45, 2.75) is 16.9 Å². The monoisotopic (exact) mass is 383 g/mol. The summed E-state index contributed by atoms with van der Waals surface area (Å²) in [5, 5.41) is 11.6. The average Bonchev–Trinajstić information content (AvgIpc) is 3.09. The van der Waals surface area contributed by atoms with Gasteiger partial charge >= 0.3 is 0 Å². The summed E-state index contributed by atoms with van der Waals surface area (Å²) in [7, 11) is -3.74. The summed E-state index contributed by atoms with van der Waals surface area (Å²) < 4.78 is 35.7. The molecule has 0 saturated carbocycles. The fraction of sp³-hybridized carbons (Fsp3) is 0.250. The first-order valence-electron chi connectivity index (χ1n) is 7.36. The van der Waals surface area contributed by atoms with Crippen LogP contribution in [0, 0.1) is 10.1 Å². The highest BCUT2D eigenvalue weighted by atomic mass is 35.5. The third kappa shape index (κ3) is 3.82. The Morgan fingerprint density at radius 2 is 1.80 bits per heavy atom. The highest BCUT2D eigenvalue weighted by Gasteiger charge is 2.28. The lowest BCUT2D eigenvalue weighted by Crippen LogP contribution is -2.09. The van der Waals surface area contributed by atoms with Crippen LogP contribution in [-0.4, -0.2) is 26.6 Å². The smallest absolute Gasteiger partial charge is 0.274 e. The Morgan fingerprint density at radius 3 is 2.40 bits per heavy atom. The third-order valence-electron chi connectivity index (χ3n) is 3.72. The normalized spacial score (nSPS) is 15.4. The molecule has 25 heavy (non-hydrogen) atoms. The molecule has 0 aromatic heterocycles. The van der Waals surface area contributed by atoms with Gasteiger partial charge in [0.1, 0.15) is 0 Å². The highest BCUT2D eigenvalue weighted by molar-refractivity contribution is 7.90. The molecule has 3 rings (SSSR count). The number of ether oxygens (including phenoxy) is 2. The number of halogens is 1. The van der Waals surface area contributed by atoms with E-state index in [9.17, 15) is 18.5 Å². The molecule has 1 fully saturated rings. The number of benzene rings is 2. The van der Waals surface area contributed by atoms with Gasteiger partial charge in [0.2, 0.25) is 0 Å². The number of nitrogens with zero attached hydrogens (tertiary/aromatic N) is 1. The van der Waals surface area contributed by atoms with E-state index in [1.807, 2.05) is 0 Å². The van der Waals surface area contributed by atoms with Gasteiger partial charge < -0.3 is 9.47 Å². The van der Waals surface area contributed by atoms with Crippen LogP contribution in [-0.2, 0) is 25.1 Å². The fourth-order valence-corrected chi connectivity index (χ4v) is 4.19. The van der Waals surface area contributed by atoms with Crippen LogP contribution in [0.3, 0.4) is 0 Å². The van der Waals surface area contributed by atoms with Crippen molar-refractivity contribution in [2.24, 2.45) is 0 Å². The van der Waals surface area contributed by atoms with Gasteiger partial charge in [0, 0.05) is 22.2 Å². The van der Waals surface area contributed by atoms with Gasteiger partial charge in [-0.25, -0.2) is 8.42 Å². The Labute approximate surface area is 149 Å². The average molecular weight is 384 g/mol. The van der Waals surface area contributed by atoms with Crippen molar-refractivity contribution in [3.8, 4) is 0 Å². The van der Waals surface area contributed by atoms with Crippen LogP contribution in [0.25, 0.3) is 0 Å². The molecule has 7 nitrogen and oxygen atoms in total. The van der Waals surface area contributed by atoms with Crippen molar-refractivity contribution in [3.05, 3.63) is 68.7 Å². The summed E-state index contributed by atoms with van der Waals surface area (Å²) in [4.78, 5) is 10.9. The Morgan fingerprint density at radius 1 is 1.16 bits per heavy atom. The highest BCUT2D eigenvalue weighted by Crippen LogP contribution is 2.36. The van der Waals surface area contributed by atoms with Gasteiger partial charge in [0.15, 0.2) is 16.1 Å². The topological polar surface area (TPSA) is 95.7 Å². The first kappa shape index (κ1) is 17.8. The van der Waals surface area contributed by atoms with Crippen LogP contribution in [0.4, 0.5) is 5.69 Å². The SMILES string of the molecule is O=[N+]([O-])c1cc(C2OCCO2)c(Cl)cc1CS(=O)(=O)c1ccccc1. The van der Waals surface area contributed by atoms with Crippen molar-refractivity contribution >= 4 is 27.1 Å². The molecule has 0 N–H and O–H groups in total. The van der Waals surface area contributed by atoms with E-state index in [0.717, 1.165) is 0 Å². The molecule has 0 aliphatic carbocycles. The summed E-state index contributed by atoms with van der Waals surface area (Å²) >= 11 is 6.18. The fourth-order valence-electron chi connectivity index (χ4n) is 2.54. The zero-order chi connectivity index (χ0) is 18.0. The lowest BCUT2D eigenvalue weighted by atomic mass is 10.1. The molecule has 1 aliphatic rings. The van der Waals surface area contributed by atoms with Gasteiger partial charge in [-0.2, -0.15) is 0 Å². The van der Waals surface area contributed by atoms with Gasteiger partial charge in [-0.3, -0.25) is 10.1 Å². The van der Waals surface area contributed by atoms with Crippen LogP contribution >= 0.6 is 11.6 Å². The largest absolute Gasteiger partial charge is 0.346 e. The van der Waals surface area contributed by atoms with Crippen molar-refractivity contribution in [2.75, 3.05) is 13.2 Å². The Balaban J connectivity index is 2.01. The molecule has 1 saturated heterocycles. The van der Waals surface area contributed by atoms with E-state index in [4.69, 9.17) is 21.1 Å². The van der Waals surface area contributed by atoms with Crippen LogP contribution in [0.5, 0.6) is 0 Å². The van der Waals surface area contributed by atoms with Gasteiger partial charge in [0.25, 0.3) is 5.69 Å². The lowest BCUT2D eigenvalue weighted by Gasteiger charge is -2.13. The van der Waals surface area contributed by atoms with Crippen molar-refractivity contribution in [3.63, 3.8) is 0 Å². The molecule has 0 atom stereocenters. The Bertz CT molecular complexity index is 894. The molecule has 2 aromatic carbocycles. The molecular weight excluding hydrogens is 370 g/mol. The van der Waals surface area contributed by atoms with Crippen LogP contribution in [0.15, 0.2) is 47.4 Å². The van der Waals surface area contributed by atoms with Crippen LogP contribution in [0.2, 0.25) is 5.02 Å². The van der Waals surface area contributed by atoms with Gasteiger partial charge in [-0.1, -0.05) is 29.8 Å². The third-order valence-corrected chi connectivity index (χ3v) is 5.73. The second-order valence-corrected chi connectivity index (χ2v) is 7.80. The number of nitro groups is 1. The zero-order valence-corrected chi connectivity index (χ0v) is 14.5. The molecule has 0 radical (unpaired) electrons. The zero-order valence-electron chi connectivity index (χ0n) is 12.9. The summed E-state index contributed by atoms with van der Waals surface area (Å²) in [6, 6.07) is 10.3. The molecule has 0 unspecified atom stereocenters. The first-order chi connectivity index (χ1) is 11.9. The minimum atomic E-state index is -3.74. The van der Waals surface area contributed by atoms with E-state index < -0.39 is 26.8 Å². The van der Waals surface area contributed by atoms with Crippen molar-refractivity contribution in [1.29, 1.82) is 0 Å². The van der Waals surface area contributed by atoms with E-state index in [1.54, 1.807) is 18.2 Å². The van der Waals surface area contributed by atoms with Crippen molar-refractivity contribution in [1.82, 2.24) is 0 Å². The number of hydrogen-bond acceptors (Lipinski definition) is 6. The van der Waals surface area contributed by atoms with Gasteiger partial charge in [-0.05, 0) is 18.2 Å². The summed E-state index contributed by atoms with van der Waals surface area (Å²) in [6.45, 7) is 0.720. The minimum Gasteiger partial charge on any atom is -0.346 e. The molecular formula is C16H14ClNO6S. The van der Waals surface area contributed by atoms with E-state index in [2.05, 4.69) is 0 Å². The summed E-state index contributed by atoms with van der Waals surface area (Å²) in [6.07, 6.45) is -0.786. The van der Waals surface area contributed by atoms with E-state index >= 15 is 0 Å². The summed E-state index contributed by atoms with van der Waals surface area (Å²) in [5.74, 6) is -0.528. The maximum absolute atomic E-state index is 12.5. The summed E-state index contributed by atoms with van der Waals surface area (Å²) in [5.41, 5.74) is -0.00895. The second kappa shape index (κ2) is 7.09. The second-order valence-electron chi connectivity index (χ2n) is 5.41. The molecule has 0 amide bonds. The predicted octanol–water partition coefficient (Wildman–Crippen LogP) is 3.27. The van der Waals surface area contributed by atoms with Gasteiger partial charge in [-0.15, -0.1) is 0 Å². The number of nitro benzene ring substituents is 1. The molecule has 132 valence electrons. The van der Waals surface area contributed by atoms with Crippen molar-refractivity contribution < 1.29 is 22.8 Å². The lowest BCUT2D eigenvalue weighted by molar-refractivity contribution is -0.385. The standard InChI is InChI=1S/C16H14ClNO6S/c17-14-8-11(10-25(21,22)12-4-2-1-3-5-12)15(18(19)20)9-13(14)16-23-6-7-24-16/h1-5,8-9,16H,6-7,10H2. The molecule has 1 heterocycles. The number of sulfone groups is 1. The van der Waals surface area contributed by atoms with Crippen LogP contribution in [0.1, 0.15) is 17.4 Å². The molecule has 9 heteroatoms. The van der Waals surface area contributed by atoms with E-state index in [0.29, 0.717) is 18.8 Å².